The molecule has 0 aliphatic carbocycles. The smallest absolute Gasteiger partial charge is 0.275 e. The molecule has 0 unspecified atom stereocenters. The topological polar surface area (TPSA) is 64.6 Å². The fourth-order valence-corrected chi connectivity index (χ4v) is 2.83. The summed E-state index contributed by atoms with van der Waals surface area (Å²) >= 11 is 1.18. The summed E-state index contributed by atoms with van der Waals surface area (Å²) in [7, 11) is 0. The van der Waals surface area contributed by atoms with E-state index in [1.807, 2.05) is 18.2 Å². The molecule has 6 nitrogen and oxygen atoms in total. The number of hydrogen-bond acceptors (Lipinski definition) is 6. The van der Waals surface area contributed by atoms with Crippen LogP contribution in [0.25, 0.3) is 0 Å². The molecule has 116 valence electrons. The minimum absolute atomic E-state index is 0.112. The van der Waals surface area contributed by atoms with E-state index < -0.39 is 0 Å². The molecule has 0 atom stereocenters. The second-order valence-electron chi connectivity index (χ2n) is 5.52. The maximum atomic E-state index is 12.6. The Balaban J connectivity index is 1.84. The van der Waals surface area contributed by atoms with Crippen molar-refractivity contribution in [1.82, 2.24) is 14.5 Å². The third kappa shape index (κ3) is 3.04. The summed E-state index contributed by atoms with van der Waals surface area (Å²) in [6.45, 7) is 5.48. The Morgan fingerprint density at radius 2 is 2.27 bits per heavy atom. The summed E-state index contributed by atoms with van der Waals surface area (Å²) in [5.41, 5.74) is 1.32. The van der Waals surface area contributed by atoms with Gasteiger partial charge in [-0.05, 0) is 23.5 Å². The van der Waals surface area contributed by atoms with Gasteiger partial charge in [0.15, 0.2) is 17.2 Å². The fraction of sp³-hybridized carbons (Fsp3) is 0.400. The van der Waals surface area contributed by atoms with Crippen molar-refractivity contribution in [3.8, 4) is 11.5 Å². The molecule has 0 saturated carbocycles. The highest BCUT2D eigenvalue weighted by Crippen LogP contribution is 2.36. The second kappa shape index (κ2) is 6.31. The fourth-order valence-electron chi connectivity index (χ4n) is 2.40. The van der Waals surface area contributed by atoms with Crippen molar-refractivity contribution >= 4 is 17.4 Å². The van der Waals surface area contributed by atoms with Gasteiger partial charge in [-0.1, -0.05) is 30.5 Å². The molecule has 1 aliphatic rings. The average molecular weight is 319 g/mol. The Bertz CT molecular complexity index is 658. The molecular weight excluding hydrogens is 302 g/mol. The first-order valence-corrected chi connectivity index (χ1v) is 7.92. The van der Waals surface area contributed by atoms with Crippen LogP contribution in [0.3, 0.4) is 0 Å². The second-order valence-corrected chi connectivity index (χ2v) is 6.13. The maximum Gasteiger partial charge on any atom is 0.275 e. The zero-order chi connectivity index (χ0) is 15.5. The molecule has 0 bridgehead atoms. The third-order valence-electron chi connectivity index (χ3n) is 3.29. The molecule has 0 spiro atoms. The van der Waals surface area contributed by atoms with Crippen LogP contribution in [-0.4, -0.2) is 33.7 Å². The summed E-state index contributed by atoms with van der Waals surface area (Å²) in [4.78, 5) is 14.4. The van der Waals surface area contributed by atoms with Gasteiger partial charge in [0.1, 0.15) is 0 Å². The number of fused-ring (bicyclic) bond motifs is 1. The predicted molar refractivity (Wildman–Crippen MR) is 82.1 cm³/mol. The number of rotatable bonds is 5. The van der Waals surface area contributed by atoms with E-state index >= 15 is 0 Å². The molecule has 3 rings (SSSR count). The predicted octanol–water partition coefficient (Wildman–Crippen LogP) is 2.57. The van der Waals surface area contributed by atoms with Gasteiger partial charge in [0.05, 0.1) is 0 Å². The Morgan fingerprint density at radius 1 is 1.41 bits per heavy atom. The first-order valence-electron chi connectivity index (χ1n) is 7.09. The van der Waals surface area contributed by atoms with Crippen molar-refractivity contribution in [3.63, 3.8) is 0 Å². The minimum Gasteiger partial charge on any atom is -0.454 e. The van der Waals surface area contributed by atoms with E-state index in [0.717, 1.165) is 17.1 Å². The lowest BCUT2D eigenvalue weighted by Gasteiger charge is -2.24. The summed E-state index contributed by atoms with van der Waals surface area (Å²) in [6.07, 6.45) is 0. The third-order valence-corrected chi connectivity index (χ3v) is 3.80. The summed E-state index contributed by atoms with van der Waals surface area (Å²) in [5.74, 6) is 1.69. The molecule has 0 fully saturated rings. The number of ether oxygens (including phenoxy) is 2. The number of amides is 1. The molecule has 1 amide bonds. The van der Waals surface area contributed by atoms with Crippen molar-refractivity contribution in [3.05, 3.63) is 34.8 Å². The highest BCUT2D eigenvalue weighted by atomic mass is 32.1. The number of nitrogens with zero attached hydrogens (tertiary/aromatic N) is 3. The molecule has 0 saturated heterocycles. The minimum atomic E-state index is -0.112. The lowest BCUT2D eigenvalue weighted by atomic mass is 10.1. The molecule has 2 heterocycles. The molecule has 1 aliphatic heterocycles. The molecule has 7 heteroatoms. The Morgan fingerprint density at radius 3 is 3.00 bits per heavy atom. The van der Waals surface area contributed by atoms with E-state index in [1.54, 1.807) is 10.3 Å². The van der Waals surface area contributed by atoms with Crippen molar-refractivity contribution in [2.75, 3.05) is 13.3 Å². The average Bonchev–Trinajstić information content (AvgIpc) is 3.17. The van der Waals surface area contributed by atoms with Crippen LogP contribution >= 0.6 is 11.5 Å². The summed E-state index contributed by atoms with van der Waals surface area (Å²) in [5, 5.41) is 5.55. The van der Waals surface area contributed by atoms with Crippen LogP contribution < -0.4 is 9.47 Å². The lowest BCUT2D eigenvalue weighted by molar-refractivity contribution is 0.0715. The zero-order valence-corrected chi connectivity index (χ0v) is 13.3. The van der Waals surface area contributed by atoms with Crippen molar-refractivity contribution in [1.29, 1.82) is 0 Å². The number of hydrogen-bond donors (Lipinski definition) is 0. The Labute approximate surface area is 132 Å². The number of para-hydroxylation sites is 1. The van der Waals surface area contributed by atoms with Crippen LogP contribution in [0.4, 0.5) is 0 Å². The summed E-state index contributed by atoms with van der Waals surface area (Å²) < 4.78 is 14.7. The van der Waals surface area contributed by atoms with Crippen molar-refractivity contribution < 1.29 is 14.3 Å². The van der Waals surface area contributed by atoms with Gasteiger partial charge < -0.3 is 14.4 Å². The van der Waals surface area contributed by atoms with Gasteiger partial charge in [0, 0.05) is 24.0 Å². The van der Waals surface area contributed by atoms with Crippen LogP contribution in [0.2, 0.25) is 0 Å². The van der Waals surface area contributed by atoms with E-state index in [-0.39, 0.29) is 12.7 Å². The monoisotopic (exact) mass is 319 g/mol. The van der Waals surface area contributed by atoms with Gasteiger partial charge in [0.2, 0.25) is 6.79 Å². The van der Waals surface area contributed by atoms with Crippen LogP contribution in [-0.2, 0) is 6.54 Å². The van der Waals surface area contributed by atoms with Gasteiger partial charge in [-0.2, -0.15) is 0 Å². The molecular formula is C15H17N3O3S. The van der Waals surface area contributed by atoms with E-state index in [1.165, 1.54) is 11.5 Å². The quantitative estimate of drug-likeness (QED) is 0.847. The Kier molecular flexibility index (Phi) is 4.24. The van der Waals surface area contributed by atoms with Gasteiger partial charge in [0.25, 0.3) is 5.91 Å². The molecule has 0 radical (unpaired) electrons. The van der Waals surface area contributed by atoms with Crippen molar-refractivity contribution in [2.45, 2.75) is 20.4 Å². The first kappa shape index (κ1) is 14.8. The molecule has 1 aromatic heterocycles. The standard InChI is InChI=1S/C15H17N3O3S/c1-10(2)6-18(15(19)12-8-22-17-16-12)7-11-4-3-5-13-14(11)21-9-20-13/h3-5,8,10H,6-7,9H2,1-2H3. The largest absolute Gasteiger partial charge is 0.454 e. The molecule has 22 heavy (non-hydrogen) atoms. The number of carbonyl (C=O) groups is 1. The van der Waals surface area contributed by atoms with Crippen LogP contribution in [0, 0.1) is 5.92 Å². The van der Waals surface area contributed by atoms with Crippen molar-refractivity contribution in [2.24, 2.45) is 5.92 Å². The van der Waals surface area contributed by atoms with Crippen LogP contribution in [0.5, 0.6) is 11.5 Å². The Hall–Kier alpha value is -2.15. The number of aromatic nitrogens is 2. The van der Waals surface area contributed by atoms with E-state index in [4.69, 9.17) is 9.47 Å². The van der Waals surface area contributed by atoms with Crippen LogP contribution in [0.1, 0.15) is 29.9 Å². The first-order chi connectivity index (χ1) is 10.6. The van der Waals surface area contributed by atoms with E-state index in [0.29, 0.717) is 24.7 Å². The maximum absolute atomic E-state index is 12.6. The number of carbonyl (C=O) groups excluding carboxylic acids is 1. The SMILES string of the molecule is CC(C)CN(Cc1cccc2c1OCO2)C(=O)c1csnn1. The van der Waals surface area contributed by atoms with Gasteiger partial charge in [-0.25, -0.2) is 0 Å². The van der Waals surface area contributed by atoms with E-state index in [2.05, 4.69) is 23.4 Å². The van der Waals surface area contributed by atoms with E-state index in [9.17, 15) is 4.79 Å². The molecule has 1 aromatic carbocycles. The molecule has 0 N–H and O–H groups in total. The number of benzene rings is 1. The zero-order valence-electron chi connectivity index (χ0n) is 12.5. The molecule has 2 aromatic rings. The van der Waals surface area contributed by atoms with Crippen LogP contribution in [0.15, 0.2) is 23.6 Å². The van der Waals surface area contributed by atoms with Gasteiger partial charge >= 0.3 is 0 Å². The lowest BCUT2D eigenvalue weighted by Crippen LogP contribution is -2.34. The normalized spacial score (nSPS) is 12.7. The van der Waals surface area contributed by atoms with Gasteiger partial charge in [-0.15, -0.1) is 5.10 Å². The highest BCUT2D eigenvalue weighted by molar-refractivity contribution is 7.03. The highest BCUT2D eigenvalue weighted by Gasteiger charge is 2.23. The van der Waals surface area contributed by atoms with Gasteiger partial charge in [-0.3, -0.25) is 4.79 Å². The summed E-state index contributed by atoms with van der Waals surface area (Å²) in [6, 6.07) is 5.73.